The first kappa shape index (κ1) is 17.2. The number of hydrogen-bond donors (Lipinski definition) is 4. The van der Waals surface area contributed by atoms with Crippen molar-refractivity contribution in [2.45, 2.75) is 31.4 Å². The highest BCUT2D eigenvalue weighted by molar-refractivity contribution is 5.87. The molecule has 0 aromatic rings. The van der Waals surface area contributed by atoms with Gasteiger partial charge in [0.15, 0.2) is 0 Å². The first-order chi connectivity index (χ1) is 9.93. The Bertz CT molecular complexity index is 381. The number of hydrogen-bond acceptors (Lipinski definition) is 5. The summed E-state index contributed by atoms with van der Waals surface area (Å²) in [6.45, 7) is 1.06. The lowest BCUT2D eigenvalue weighted by Gasteiger charge is -2.32. The summed E-state index contributed by atoms with van der Waals surface area (Å²) in [6.07, 6.45) is 0.765. The molecule has 9 nitrogen and oxygen atoms in total. The largest absolute Gasteiger partial charge is 0.480 e. The zero-order valence-corrected chi connectivity index (χ0v) is 11.7. The Morgan fingerprint density at radius 1 is 1.33 bits per heavy atom. The molecule has 0 aliphatic carbocycles. The predicted molar refractivity (Wildman–Crippen MR) is 71.4 cm³/mol. The van der Waals surface area contributed by atoms with Gasteiger partial charge in [0.2, 0.25) is 5.91 Å². The van der Waals surface area contributed by atoms with Crippen LogP contribution in [0.25, 0.3) is 0 Å². The average molecular weight is 303 g/mol. The number of nitrogens with two attached hydrogens (primary N) is 1. The molecule has 0 radical (unpaired) electrons. The molecule has 1 rings (SSSR count). The molecule has 0 saturated carbocycles. The maximum absolute atomic E-state index is 11.9. The van der Waals surface area contributed by atoms with Crippen molar-refractivity contribution in [3.05, 3.63) is 0 Å². The standard InChI is InChI=1S/C12H21N3O6/c13-10(17)7-9(11(18)19)14-12(20)15-3-1-8(2-4-15)21-6-5-16/h8-9,16H,1-7H2,(H2,13,17)(H,14,20)(H,18,19)/t9-/m0/s1. The van der Waals surface area contributed by atoms with E-state index in [2.05, 4.69) is 5.32 Å². The van der Waals surface area contributed by atoms with Gasteiger partial charge in [-0.3, -0.25) is 4.79 Å². The zero-order chi connectivity index (χ0) is 15.8. The zero-order valence-electron chi connectivity index (χ0n) is 11.7. The summed E-state index contributed by atoms with van der Waals surface area (Å²) in [7, 11) is 0. The fourth-order valence-corrected chi connectivity index (χ4v) is 2.09. The normalized spacial score (nSPS) is 17.3. The van der Waals surface area contributed by atoms with E-state index in [1.807, 2.05) is 0 Å². The highest BCUT2D eigenvalue weighted by Crippen LogP contribution is 2.13. The Morgan fingerprint density at radius 2 is 1.95 bits per heavy atom. The SMILES string of the molecule is NC(=O)C[C@H](NC(=O)N1CCC(OCCO)CC1)C(=O)O. The molecule has 9 heteroatoms. The van der Waals surface area contributed by atoms with Gasteiger partial charge in [0.25, 0.3) is 0 Å². The van der Waals surface area contributed by atoms with Gasteiger partial charge in [-0.15, -0.1) is 0 Å². The van der Waals surface area contributed by atoms with Gasteiger partial charge in [0, 0.05) is 13.1 Å². The monoisotopic (exact) mass is 303 g/mol. The highest BCUT2D eigenvalue weighted by atomic mass is 16.5. The van der Waals surface area contributed by atoms with E-state index in [1.165, 1.54) is 4.90 Å². The summed E-state index contributed by atoms with van der Waals surface area (Å²) in [5.41, 5.74) is 4.95. The van der Waals surface area contributed by atoms with Crippen LogP contribution in [-0.2, 0) is 14.3 Å². The molecule has 1 fully saturated rings. The fourth-order valence-electron chi connectivity index (χ4n) is 2.09. The quantitative estimate of drug-likeness (QED) is 0.451. The molecule has 5 N–H and O–H groups in total. The number of piperidine rings is 1. The number of carbonyl (C=O) groups is 3. The van der Waals surface area contributed by atoms with Crippen LogP contribution in [0.2, 0.25) is 0 Å². The van der Waals surface area contributed by atoms with Crippen LogP contribution < -0.4 is 11.1 Å². The Kier molecular flexibility index (Phi) is 6.89. The minimum absolute atomic E-state index is 0.0120. The summed E-state index contributed by atoms with van der Waals surface area (Å²) in [6, 6.07) is -1.86. The van der Waals surface area contributed by atoms with Crippen LogP contribution in [0.5, 0.6) is 0 Å². The Morgan fingerprint density at radius 3 is 2.43 bits per heavy atom. The maximum atomic E-state index is 11.9. The molecule has 1 heterocycles. The van der Waals surface area contributed by atoms with E-state index in [0.29, 0.717) is 25.9 Å². The number of primary amides is 1. The minimum Gasteiger partial charge on any atom is -0.480 e. The number of amides is 3. The molecule has 0 aromatic heterocycles. The summed E-state index contributed by atoms with van der Waals surface area (Å²) in [5, 5.41) is 19.9. The molecule has 1 aliphatic heterocycles. The lowest BCUT2D eigenvalue weighted by Crippen LogP contribution is -2.51. The van der Waals surface area contributed by atoms with E-state index >= 15 is 0 Å². The van der Waals surface area contributed by atoms with Crippen molar-refractivity contribution in [2.75, 3.05) is 26.3 Å². The van der Waals surface area contributed by atoms with Crippen LogP contribution in [0.3, 0.4) is 0 Å². The average Bonchev–Trinajstić information content (AvgIpc) is 2.44. The topological polar surface area (TPSA) is 142 Å². The van der Waals surface area contributed by atoms with Gasteiger partial charge in [-0.1, -0.05) is 0 Å². The lowest BCUT2D eigenvalue weighted by atomic mass is 10.1. The highest BCUT2D eigenvalue weighted by Gasteiger charge is 2.27. The van der Waals surface area contributed by atoms with Crippen molar-refractivity contribution in [3.8, 4) is 0 Å². The third-order valence-electron chi connectivity index (χ3n) is 3.18. The summed E-state index contributed by atoms with van der Waals surface area (Å²) in [4.78, 5) is 35.1. The molecule has 21 heavy (non-hydrogen) atoms. The summed E-state index contributed by atoms with van der Waals surface area (Å²) in [5.74, 6) is -2.10. The van der Waals surface area contributed by atoms with Crippen LogP contribution in [0.15, 0.2) is 0 Å². The van der Waals surface area contributed by atoms with E-state index in [0.717, 1.165) is 0 Å². The Labute approximate surface area is 122 Å². The van der Waals surface area contributed by atoms with Gasteiger partial charge in [-0.2, -0.15) is 0 Å². The van der Waals surface area contributed by atoms with Crippen molar-refractivity contribution in [1.82, 2.24) is 10.2 Å². The molecule has 0 aromatic carbocycles. The first-order valence-electron chi connectivity index (χ1n) is 6.73. The molecule has 1 atom stereocenters. The second kappa shape index (κ2) is 8.42. The number of carbonyl (C=O) groups excluding carboxylic acids is 2. The van der Waals surface area contributed by atoms with E-state index in [1.54, 1.807) is 0 Å². The van der Waals surface area contributed by atoms with Crippen LogP contribution in [0.1, 0.15) is 19.3 Å². The second-order valence-corrected chi connectivity index (χ2v) is 4.79. The van der Waals surface area contributed by atoms with Gasteiger partial charge in [-0.05, 0) is 12.8 Å². The minimum atomic E-state index is -1.32. The van der Waals surface area contributed by atoms with Gasteiger partial charge < -0.3 is 30.9 Å². The molecule has 0 spiro atoms. The molecule has 1 aliphatic rings. The van der Waals surface area contributed by atoms with Crippen molar-refractivity contribution < 1.29 is 29.3 Å². The lowest BCUT2D eigenvalue weighted by molar-refractivity contribution is -0.141. The van der Waals surface area contributed by atoms with E-state index in [-0.39, 0.29) is 19.3 Å². The smallest absolute Gasteiger partial charge is 0.326 e. The number of nitrogens with zero attached hydrogens (tertiary/aromatic N) is 1. The van der Waals surface area contributed by atoms with Gasteiger partial charge in [-0.25, -0.2) is 9.59 Å². The molecule has 0 unspecified atom stereocenters. The summed E-state index contributed by atoms with van der Waals surface area (Å²) >= 11 is 0. The molecule has 0 bridgehead atoms. The Hall–Kier alpha value is -1.87. The van der Waals surface area contributed by atoms with Crippen LogP contribution >= 0.6 is 0 Å². The third kappa shape index (κ3) is 5.96. The van der Waals surface area contributed by atoms with Gasteiger partial charge >= 0.3 is 12.0 Å². The third-order valence-corrected chi connectivity index (χ3v) is 3.18. The molecular weight excluding hydrogens is 282 g/mol. The number of urea groups is 1. The fraction of sp³-hybridized carbons (Fsp3) is 0.750. The van der Waals surface area contributed by atoms with Crippen LogP contribution in [-0.4, -0.2) is 71.5 Å². The van der Waals surface area contributed by atoms with Crippen molar-refractivity contribution in [2.24, 2.45) is 5.73 Å². The molecule has 3 amide bonds. The number of aliphatic hydroxyl groups excluding tert-OH is 1. The molecular formula is C12H21N3O6. The number of nitrogens with one attached hydrogen (secondary N) is 1. The van der Waals surface area contributed by atoms with E-state index in [4.69, 9.17) is 20.7 Å². The number of aliphatic hydroxyl groups is 1. The maximum Gasteiger partial charge on any atom is 0.326 e. The number of carboxylic acids is 1. The van der Waals surface area contributed by atoms with Crippen molar-refractivity contribution in [1.29, 1.82) is 0 Å². The van der Waals surface area contributed by atoms with Gasteiger partial charge in [0.1, 0.15) is 6.04 Å². The molecule has 1 saturated heterocycles. The van der Waals surface area contributed by atoms with Crippen LogP contribution in [0, 0.1) is 0 Å². The summed E-state index contributed by atoms with van der Waals surface area (Å²) < 4.78 is 5.37. The van der Waals surface area contributed by atoms with E-state index < -0.39 is 30.4 Å². The molecule has 120 valence electrons. The van der Waals surface area contributed by atoms with Crippen LogP contribution in [0.4, 0.5) is 4.79 Å². The number of ether oxygens (including phenoxy) is 1. The number of likely N-dealkylation sites (tertiary alicyclic amines) is 1. The first-order valence-corrected chi connectivity index (χ1v) is 6.73. The van der Waals surface area contributed by atoms with E-state index in [9.17, 15) is 14.4 Å². The Balaban J connectivity index is 2.42. The second-order valence-electron chi connectivity index (χ2n) is 4.79. The number of carboxylic acid groups (broad SMARTS) is 1. The van der Waals surface area contributed by atoms with Crippen molar-refractivity contribution in [3.63, 3.8) is 0 Å². The van der Waals surface area contributed by atoms with Crippen molar-refractivity contribution >= 4 is 17.9 Å². The predicted octanol–water partition coefficient (Wildman–Crippen LogP) is -1.50. The number of aliphatic carboxylic acids is 1. The number of rotatable bonds is 7. The van der Waals surface area contributed by atoms with Gasteiger partial charge in [0.05, 0.1) is 25.7 Å².